The van der Waals surface area contributed by atoms with Gasteiger partial charge in [-0.3, -0.25) is 0 Å². The highest BCUT2D eigenvalue weighted by Gasteiger charge is 2.59. The molecule has 8 heteroatoms. The first kappa shape index (κ1) is 22.5. The van der Waals surface area contributed by atoms with Crippen molar-refractivity contribution in [3.8, 4) is 5.75 Å². The van der Waals surface area contributed by atoms with Crippen LogP contribution in [0.1, 0.15) is 38.7 Å². The molecule has 1 fully saturated rings. The third-order valence-electron chi connectivity index (χ3n) is 6.22. The normalized spacial score (nSPS) is 25.6. The van der Waals surface area contributed by atoms with Gasteiger partial charge in [0, 0.05) is 17.5 Å². The minimum atomic E-state index is -4.11. The minimum absolute atomic E-state index is 0.0261. The molecule has 2 aromatic rings. The molecule has 0 spiro atoms. The van der Waals surface area contributed by atoms with E-state index in [0.29, 0.717) is 30.4 Å². The van der Waals surface area contributed by atoms with Crippen LogP contribution in [0.2, 0.25) is 5.02 Å². The quantitative estimate of drug-likeness (QED) is 0.577. The summed E-state index contributed by atoms with van der Waals surface area (Å²) in [5.41, 5.74) is -0.207. The fraction of sp³-hybridized carbons (Fsp3) is 0.478. The monoisotopic (exact) mass is 470 g/mol. The van der Waals surface area contributed by atoms with Gasteiger partial charge in [-0.15, -0.1) is 0 Å². The zero-order valence-corrected chi connectivity index (χ0v) is 19.0. The molecule has 4 nitrogen and oxygen atoms in total. The molecule has 1 aliphatic heterocycles. The molecule has 1 heterocycles. The molecule has 31 heavy (non-hydrogen) atoms. The summed E-state index contributed by atoms with van der Waals surface area (Å²) in [6.07, 6.45) is 0.755. The molecule has 168 valence electrons. The molecular formula is C23H25ClF2O4S. The van der Waals surface area contributed by atoms with Crippen LogP contribution in [0.15, 0.2) is 41.3 Å². The minimum Gasteiger partial charge on any atom is -0.490 e. The van der Waals surface area contributed by atoms with Gasteiger partial charge >= 0.3 is 0 Å². The summed E-state index contributed by atoms with van der Waals surface area (Å²) in [5.74, 6) is -2.10. The van der Waals surface area contributed by atoms with Crippen molar-refractivity contribution in [2.75, 3.05) is 13.2 Å². The number of hydrogen-bond acceptors (Lipinski definition) is 4. The first-order valence-electron chi connectivity index (χ1n) is 10.4. The lowest BCUT2D eigenvalue weighted by Crippen LogP contribution is -2.53. The average Bonchev–Trinajstić information content (AvgIpc) is 2.74. The van der Waals surface area contributed by atoms with E-state index in [-0.39, 0.29) is 35.3 Å². The lowest BCUT2D eigenvalue weighted by atomic mass is 9.72. The molecule has 0 saturated heterocycles. The second kappa shape index (κ2) is 8.34. The Labute approximate surface area is 186 Å². The number of fused-ring (bicyclic) bond motifs is 3. The molecule has 1 aliphatic carbocycles. The van der Waals surface area contributed by atoms with Crippen molar-refractivity contribution in [1.82, 2.24) is 0 Å². The second-order valence-corrected chi connectivity index (χ2v) is 11.4. The molecule has 4 rings (SSSR count). The Morgan fingerprint density at radius 3 is 2.52 bits per heavy atom. The standard InChI is InChI=1S/C23H25ClF2O4S/c1-14(2)12-29-17-9-10-23(31(27,28)18-5-3-16(24)4-6-18)15(11-17)13-30-22-20(26)8-7-19(25)21(22)23/h3-8,14-15,17H,9-13H2,1-2H3/t15-,17-,23+/m1/s1. The Morgan fingerprint density at radius 2 is 1.84 bits per heavy atom. The summed E-state index contributed by atoms with van der Waals surface area (Å²) in [6, 6.07) is 7.74. The second-order valence-electron chi connectivity index (χ2n) is 8.71. The lowest BCUT2D eigenvalue weighted by Gasteiger charge is -2.49. The van der Waals surface area contributed by atoms with E-state index in [4.69, 9.17) is 21.1 Å². The van der Waals surface area contributed by atoms with Gasteiger partial charge in [-0.25, -0.2) is 17.2 Å². The van der Waals surface area contributed by atoms with Crippen LogP contribution in [-0.2, 0) is 19.3 Å². The van der Waals surface area contributed by atoms with E-state index in [1.165, 1.54) is 24.3 Å². The van der Waals surface area contributed by atoms with Crippen molar-refractivity contribution < 1.29 is 26.7 Å². The van der Waals surface area contributed by atoms with Gasteiger partial charge in [-0.1, -0.05) is 25.4 Å². The molecule has 0 radical (unpaired) electrons. The lowest BCUT2D eigenvalue weighted by molar-refractivity contribution is -0.0247. The van der Waals surface area contributed by atoms with Gasteiger partial charge in [0.15, 0.2) is 21.4 Å². The topological polar surface area (TPSA) is 52.6 Å². The third kappa shape index (κ3) is 3.74. The summed E-state index contributed by atoms with van der Waals surface area (Å²) in [7, 11) is -4.11. The SMILES string of the molecule is CC(C)CO[C@@H]1CC[C@@]2(S(=O)(=O)c3ccc(Cl)cc3)c3c(F)ccc(F)c3OC[C@H]2C1. The van der Waals surface area contributed by atoms with Crippen molar-refractivity contribution in [3.63, 3.8) is 0 Å². The van der Waals surface area contributed by atoms with Gasteiger partial charge in [-0.2, -0.15) is 0 Å². The molecule has 2 aromatic carbocycles. The van der Waals surface area contributed by atoms with E-state index in [9.17, 15) is 12.8 Å². The van der Waals surface area contributed by atoms with E-state index >= 15 is 4.39 Å². The van der Waals surface area contributed by atoms with Gasteiger partial charge in [0.2, 0.25) is 0 Å². The number of benzene rings is 2. The Bertz CT molecular complexity index is 1070. The largest absolute Gasteiger partial charge is 0.490 e. The maximum Gasteiger partial charge on any atom is 0.188 e. The molecular weight excluding hydrogens is 446 g/mol. The highest BCUT2D eigenvalue weighted by Crippen LogP contribution is 2.56. The highest BCUT2D eigenvalue weighted by atomic mass is 35.5. The van der Waals surface area contributed by atoms with Crippen molar-refractivity contribution in [1.29, 1.82) is 0 Å². The van der Waals surface area contributed by atoms with Crippen LogP contribution in [0, 0.1) is 23.5 Å². The number of ether oxygens (including phenoxy) is 2. The number of rotatable bonds is 5. The third-order valence-corrected chi connectivity index (χ3v) is 9.07. The van der Waals surface area contributed by atoms with Gasteiger partial charge in [0.25, 0.3) is 0 Å². The Morgan fingerprint density at radius 1 is 1.16 bits per heavy atom. The van der Waals surface area contributed by atoms with Gasteiger partial charge in [0.1, 0.15) is 10.6 Å². The Hall–Kier alpha value is -1.70. The summed E-state index contributed by atoms with van der Waals surface area (Å²) in [5, 5.41) is 0.392. The van der Waals surface area contributed by atoms with Crippen LogP contribution >= 0.6 is 11.6 Å². The van der Waals surface area contributed by atoms with Crippen molar-refractivity contribution >= 4 is 21.4 Å². The Balaban J connectivity index is 1.86. The molecule has 0 amide bonds. The Kier molecular flexibility index (Phi) is 6.05. The number of halogens is 3. The van der Waals surface area contributed by atoms with Crippen molar-refractivity contribution in [3.05, 3.63) is 58.6 Å². The van der Waals surface area contributed by atoms with E-state index < -0.39 is 32.1 Å². The molecule has 2 aliphatic rings. The van der Waals surface area contributed by atoms with E-state index in [0.717, 1.165) is 12.1 Å². The van der Waals surface area contributed by atoms with Crippen LogP contribution in [0.3, 0.4) is 0 Å². The number of hydrogen-bond donors (Lipinski definition) is 0. The van der Waals surface area contributed by atoms with Crippen LogP contribution in [-0.4, -0.2) is 27.7 Å². The van der Waals surface area contributed by atoms with Crippen LogP contribution in [0.5, 0.6) is 5.75 Å². The first-order chi connectivity index (χ1) is 14.7. The zero-order valence-electron chi connectivity index (χ0n) is 17.4. The smallest absolute Gasteiger partial charge is 0.188 e. The maximum absolute atomic E-state index is 15.2. The van der Waals surface area contributed by atoms with Crippen LogP contribution < -0.4 is 4.74 Å². The molecule has 0 bridgehead atoms. The van der Waals surface area contributed by atoms with E-state index in [1.54, 1.807) is 0 Å². The molecule has 0 unspecified atom stereocenters. The summed E-state index contributed by atoms with van der Waals surface area (Å²) in [4.78, 5) is 0.0277. The van der Waals surface area contributed by atoms with Crippen LogP contribution in [0.25, 0.3) is 0 Å². The van der Waals surface area contributed by atoms with Gasteiger partial charge in [0.05, 0.1) is 23.2 Å². The van der Waals surface area contributed by atoms with E-state index in [2.05, 4.69) is 0 Å². The van der Waals surface area contributed by atoms with Gasteiger partial charge < -0.3 is 9.47 Å². The number of sulfone groups is 1. The molecule has 0 N–H and O–H groups in total. The highest BCUT2D eigenvalue weighted by molar-refractivity contribution is 7.92. The molecule has 1 saturated carbocycles. The summed E-state index contributed by atoms with van der Waals surface area (Å²) < 4.78 is 67.7. The predicted molar refractivity (Wildman–Crippen MR) is 114 cm³/mol. The summed E-state index contributed by atoms with van der Waals surface area (Å²) >= 11 is 5.95. The average molecular weight is 471 g/mol. The first-order valence-corrected chi connectivity index (χ1v) is 12.3. The zero-order chi connectivity index (χ0) is 22.4. The van der Waals surface area contributed by atoms with Gasteiger partial charge in [-0.05, 0) is 61.6 Å². The molecule has 0 aromatic heterocycles. The predicted octanol–water partition coefficient (Wildman–Crippen LogP) is 5.52. The maximum atomic E-state index is 15.2. The molecule has 3 atom stereocenters. The van der Waals surface area contributed by atoms with Crippen molar-refractivity contribution in [2.24, 2.45) is 11.8 Å². The fourth-order valence-electron chi connectivity index (χ4n) is 4.78. The van der Waals surface area contributed by atoms with Crippen molar-refractivity contribution in [2.45, 2.75) is 48.9 Å². The fourth-order valence-corrected chi connectivity index (χ4v) is 7.27. The van der Waals surface area contributed by atoms with Crippen LogP contribution in [0.4, 0.5) is 8.78 Å². The van der Waals surface area contributed by atoms with E-state index in [1.807, 2.05) is 13.8 Å². The summed E-state index contributed by atoms with van der Waals surface area (Å²) in [6.45, 7) is 4.60.